The third kappa shape index (κ3) is 1.79. The van der Waals surface area contributed by atoms with Crippen LogP contribution in [0.25, 0.3) is 11.2 Å². The highest BCUT2D eigenvalue weighted by Gasteiger charge is 2.41. The van der Waals surface area contributed by atoms with Gasteiger partial charge in [-0.25, -0.2) is 9.97 Å². The molecule has 4 heteroatoms. The number of pyridine rings is 1. The SMILES string of the molecule is Cc1ccnc2c1nc(CCCl)n2C1CC2CCC1C2. The average Bonchev–Trinajstić information content (AvgIpc) is 3.12. The van der Waals surface area contributed by atoms with E-state index in [1.54, 1.807) is 0 Å². The minimum atomic E-state index is 0.603. The molecule has 2 aromatic rings. The molecule has 2 saturated carbocycles. The van der Waals surface area contributed by atoms with Crippen LogP contribution in [0, 0.1) is 18.8 Å². The van der Waals surface area contributed by atoms with Gasteiger partial charge in [-0.05, 0) is 49.7 Å². The highest BCUT2D eigenvalue weighted by molar-refractivity contribution is 6.17. The van der Waals surface area contributed by atoms with Crippen molar-refractivity contribution < 1.29 is 0 Å². The second-order valence-corrected chi connectivity index (χ2v) is 6.76. The van der Waals surface area contributed by atoms with E-state index in [0.29, 0.717) is 11.9 Å². The van der Waals surface area contributed by atoms with Crippen LogP contribution in [0.15, 0.2) is 12.3 Å². The number of aryl methyl sites for hydroxylation is 2. The first-order chi connectivity index (χ1) is 9.78. The van der Waals surface area contributed by atoms with Crippen molar-refractivity contribution in [3.8, 4) is 0 Å². The van der Waals surface area contributed by atoms with Crippen molar-refractivity contribution in [1.82, 2.24) is 14.5 Å². The van der Waals surface area contributed by atoms with Crippen molar-refractivity contribution >= 4 is 22.8 Å². The third-order valence-corrected chi connectivity index (χ3v) is 5.39. The van der Waals surface area contributed by atoms with Gasteiger partial charge in [-0.2, -0.15) is 0 Å². The Kier molecular flexibility index (Phi) is 2.99. The van der Waals surface area contributed by atoms with E-state index in [2.05, 4.69) is 16.5 Å². The van der Waals surface area contributed by atoms with Crippen LogP contribution in [0.2, 0.25) is 0 Å². The number of hydrogen-bond acceptors (Lipinski definition) is 2. The van der Waals surface area contributed by atoms with Crippen molar-refractivity contribution in [3.63, 3.8) is 0 Å². The summed E-state index contributed by atoms with van der Waals surface area (Å²) in [4.78, 5) is 9.48. The lowest BCUT2D eigenvalue weighted by Gasteiger charge is -2.25. The van der Waals surface area contributed by atoms with Crippen LogP contribution in [0.1, 0.15) is 43.1 Å². The van der Waals surface area contributed by atoms with Gasteiger partial charge in [0.15, 0.2) is 5.65 Å². The van der Waals surface area contributed by atoms with Gasteiger partial charge in [0.25, 0.3) is 0 Å². The Morgan fingerprint density at radius 2 is 2.25 bits per heavy atom. The number of rotatable bonds is 3. The van der Waals surface area contributed by atoms with Gasteiger partial charge < -0.3 is 4.57 Å². The number of hydrogen-bond donors (Lipinski definition) is 0. The lowest BCUT2D eigenvalue weighted by atomic mass is 9.95. The monoisotopic (exact) mass is 289 g/mol. The van der Waals surface area contributed by atoms with E-state index >= 15 is 0 Å². The maximum absolute atomic E-state index is 5.99. The molecule has 3 unspecified atom stereocenters. The van der Waals surface area contributed by atoms with Crippen molar-refractivity contribution in [2.45, 2.75) is 45.1 Å². The van der Waals surface area contributed by atoms with E-state index in [1.807, 2.05) is 12.3 Å². The van der Waals surface area contributed by atoms with Gasteiger partial charge in [0.05, 0.1) is 0 Å². The zero-order chi connectivity index (χ0) is 13.7. The molecule has 0 saturated heterocycles. The molecule has 20 heavy (non-hydrogen) atoms. The number of alkyl halides is 1. The van der Waals surface area contributed by atoms with Gasteiger partial charge in [0.2, 0.25) is 0 Å². The summed E-state index contributed by atoms with van der Waals surface area (Å²) in [5.74, 6) is 3.52. The molecule has 0 radical (unpaired) electrons. The van der Waals surface area contributed by atoms with Gasteiger partial charge in [-0.3, -0.25) is 0 Å². The Balaban J connectivity index is 1.87. The zero-order valence-electron chi connectivity index (χ0n) is 11.8. The maximum atomic E-state index is 5.99. The molecule has 2 aromatic heterocycles. The largest absolute Gasteiger partial charge is 0.309 e. The smallest absolute Gasteiger partial charge is 0.160 e. The standard InChI is InChI=1S/C16H20ClN3/c1-10-5-7-18-16-15(10)19-14(4-6-17)20(16)13-9-11-2-3-12(13)8-11/h5,7,11-13H,2-4,6,8-9H2,1H3. The summed E-state index contributed by atoms with van der Waals surface area (Å²) in [6.45, 7) is 2.12. The minimum Gasteiger partial charge on any atom is -0.309 e. The Bertz CT molecular complexity index is 648. The molecule has 0 N–H and O–H groups in total. The van der Waals surface area contributed by atoms with E-state index in [4.69, 9.17) is 16.6 Å². The summed E-state index contributed by atoms with van der Waals surface area (Å²) in [7, 11) is 0. The van der Waals surface area contributed by atoms with Crippen molar-refractivity contribution in [2.75, 3.05) is 5.88 Å². The molecule has 0 aromatic carbocycles. The van der Waals surface area contributed by atoms with E-state index in [-0.39, 0.29) is 0 Å². The first-order valence-corrected chi connectivity index (χ1v) is 8.19. The van der Waals surface area contributed by atoms with E-state index in [9.17, 15) is 0 Å². The quantitative estimate of drug-likeness (QED) is 0.803. The molecule has 2 bridgehead atoms. The summed E-state index contributed by atoms with van der Waals surface area (Å²) in [5.41, 5.74) is 3.35. The molecule has 0 aliphatic heterocycles. The number of aromatic nitrogens is 3. The van der Waals surface area contributed by atoms with Crippen LogP contribution in [0.4, 0.5) is 0 Å². The Labute approximate surface area is 124 Å². The topological polar surface area (TPSA) is 30.7 Å². The second kappa shape index (κ2) is 4.73. The van der Waals surface area contributed by atoms with Gasteiger partial charge in [0, 0.05) is 24.5 Å². The number of fused-ring (bicyclic) bond motifs is 3. The van der Waals surface area contributed by atoms with E-state index in [0.717, 1.165) is 35.2 Å². The fraction of sp³-hybridized carbons (Fsp3) is 0.625. The Morgan fingerprint density at radius 3 is 2.95 bits per heavy atom. The van der Waals surface area contributed by atoms with Crippen LogP contribution in [0.3, 0.4) is 0 Å². The van der Waals surface area contributed by atoms with Crippen LogP contribution >= 0.6 is 11.6 Å². The van der Waals surface area contributed by atoms with Crippen LogP contribution in [-0.2, 0) is 6.42 Å². The van der Waals surface area contributed by atoms with Crippen molar-refractivity contribution in [2.24, 2.45) is 11.8 Å². The van der Waals surface area contributed by atoms with Crippen molar-refractivity contribution in [3.05, 3.63) is 23.7 Å². The fourth-order valence-corrected chi connectivity index (χ4v) is 4.46. The van der Waals surface area contributed by atoms with Crippen molar-refractivity contribution in [1.29, 1.82) is 0 Å². The maximum Gasteiger partial charge on any atom is 0.160 e. The predicted molar refractivity (Wildman–Crippen MR) is 81.2 cm³/mol. The predicted octanol–water partition coefficient (Wildman–Crippen LogP) is 3.88. The Hall–Kier alpha value is -1.09. The Morgan fingerprint density at radius 1 is 1.35 bits per heavy atom. The molecule has 4 rings (SSSR count). The number of nitrogens with zero attached hydrogens (tertiary/aromatic N) is 3. The molecule has 0 spiro atoms. The second-order valence-electron chi connectivity index (χ2n) is 6.38. The zero-order valence-corrected chi connectivity index (χ0v) is 12.6. The summed E-state index contributed by atoms with van der Waals surface area (Å²) < 4.78 is 2.43. The molecular formula is C16H20ClN3. The first-order valence-electron chi connectivity index (χ1n) is 7.66. The lowest BCUT2D eigenvalue weighted by molar-refractivity contribution is 0.328. The van der Waals surface area contributed by atoms with E-state index < -0.39 is 0 Å². The normalized spacial score (nSPS) is 28.6. The number of halogens is 1. The summed E-state index contributed by atoms with van der Waals surface area (Å²) >= 11 is 5.99. The molecule has 3 atom stereocenters. The van der Waals surface area contributed by atoms with Crippen LogP contribution in [-0.4, -0.2) is 20.4 Å². The van der Waals surface area contributed by atoms with Gasteiger partial charge in [-0.15, -0.1) is 11.6 Å². The fourth-order valence-electron chi connectivity index (χ4n) is 4.29. The summed E-state index contributed by atoms with van der Waals surface area (Å²) in [5, 5.41) is 0. The molecule has 2 aliphatic rings. The lowest BCUT2D eigenvalue weighted by Crippen LogP contribution is -2.19. The average molecular weight is 290 g/mol. The highest BCUT2D eigenvalue weighted by Crippen LogP contribution is 2.51. The molecule has 0 amide bonds. The molecular weight excluding hydrogens is 270 g/mol. The molecule has 2 heterocycles. The van der Waals surface area contributed by atoms with Crippen LogP contribution in [0.5, 0.6) is 0 Å². The van der Waals surface area contributed by atoms with Gasteiger partial charge in [0.1, 0.15) is 11.3 Å². The molecule has 2 aliphatic carbocycles. The van der Waals surface area contributed by atoms with E-state index in [1.165, 1.54) is 31.2 Å². The minimum absolute atomic E-state index is 0.603. The summed E-state index contributed by atoms with van der Waals surface area (Å²) in [6.07, 6.45) is 8.25. The molecule has 2 fully saturated rings. The first kappa shape index (κ1) is 12.6. The van der Waals surface area contributed by atoms with Gasteiger partial charge in [-0.1, -0.05) is 6.42 Å². The molecule has 3 nitrogen and oxygen atoms in total. The number of imidazole rings is 1. The molecule has 106 valence electrons. The summed E-state index contributed by atoms with van der Waals surface area (Å²) in [6, 6.07) is 2.65. The third-order valence-electron chi connectivity index (χ3n) is 5.20. The van der Waals surface area contributed by atoms with Gasteiger partial charge >= 0.3 is 0 Å². The highest BCUT2D eigenvalue weighted by atomic mass is 35.5. The van der Waals surface area contributed by atoms with Crippen LogP contribution < -0.4 is 0 Å².